The fourth-order valence-electron chi connectivity index (χ4n) is 5.41. The third-order valence-corrected chi connectivity index (χ3v) is 13.1. The first-order chi connectivity index (χ1) is 17.7. The SMILES string of the molecule is CC1(CC(/C(=C/CCc2ccccc2)O[Si](C)(C)C)[Si](C)(c2ccccc2)c2ccccc2)OCCO1. The molecular weight excluding hydrogens is 489 g/mol. The average molecular weight is 531 g/mol. The van der Waals surface area contributed by atoms with Crippen LogP contribution in [-0.4, -0.2) is 35.4 Å². The summed E-state index contributed by atoms with van der Waals surface area (Å²) < 4.78 is 19.4. The van der Waals surface area contributed by atoms with Crippen LogP contribution >= 0.6 is 0 Å². The fourth-order valence-corrected chi connectivity index (χ4v) is 10.9. The standard InChI is InChI=1S/C32H42O3Si2/c1-32(33-24-25-34-32)26-31(30(35-36(2,3)4)23-15-18-27-16-9-6-10-17-27)37(5,28-19-11-7-12-20-28)29-21-13-8-14-22-29/h6-14,16-17,19-23,31H,15,18,24-26H2,1-5H3/b30-23-. The summed E-state index contributed by atoms with van der Waals surface area (Å²) in [5.74, 6) is 0.501. The summed E-state index contributed by atoms with van der Waals surface area (Å²) in [6.07, 6.45) is 5.07. The molecule has 0 aliphatic carbocycles. The van der Waals surface area contributed by atoms with Crippen LogP contribution in [0.15, 0.2) is 103 Å². The van der Waals surface area contributed by atoms with E-state index in [1.807, 2.05) is 0 Å². The van der Waals surface area contributed by atoms with Crippen LogP contribution < -0.4 is 10.4 Å². The zero-order valence-electron chi connectivity index (χ0n) is 23.1. The van der Waals surface area contributed by atoms with Crippen LogP contribution in [0.5, 0.6) is 0 Å². The van der Waals surface area contributed by atoms with Crippen molar-refractivity contribution < 1.29 is 13.9 Å². The molecule has 0 bridgehead atoms. The van der Waals surface area contributed by atoms with Crippen LogP contribution in [0.1, 0.15) is 25.3 Å². The molecule has 4 rings (SSSR count). The van der Waals surface area contributed by atoms with Gasteiger partial charge in [0.05, 0.1) is 19.0 Å². The zero-order chi connectivity index (χ0) is 26.4. The Morgan fingerprint density at radius 2 is 1.30 bits per heavy atom. The molecule has 1 aliphatic heterocycles. The van der Waals surface area contributed by atoms with Gasteiger partial charge in [-0.15, -0.1) is 0 Å². The molecule has 1 aliphatic rings. The van der Waals surface area contributed by atoms with E-state index >= 15 is 0 Å². The average Bonchev–Trinajstić information content (AvgIpc) is 3.33. The third kappa shape index (κ3) is 7.11. The summed E-state index contributed by atoms with van der Waals surface area (Å²) in [6, 6.07) is 32.8. The Balaban J connectivity index is 1.83. The topological polar surface area (TPSA) is 27.7 Å². The third-order valence-electron chi connectivity index (χ3n) is 7.31. The van der Waals surface area contributed by atoms with Crippen LogP contribution in [0.4, 0.5) is 0 Å². The van der Waals surface area contributed by atoms with Crippen LogP contribution in [0.3, 0.4) is 0 Å². The molecule has 0 N–H and O–H groups in total. The second-order valence-electron chi connectivity index (χ2n) is 11.4. The van der Waals surface area contributed by atoms with Crippen molar-refractivity contribution in [1.29, 1.82) is 0 Å². The van der Waals surface area contributed by atoms with Crippen molar-refractivity contribution in [2.75, 3.05) is 13.2 Å². The van der Waals surface area contributed by atoms with E-state index in [-0.39, 0.29) is 5.54 Å². The monoisotopic (exact) mass is 530 g/mol. The van der Waals surface area contributed by atoms with Gasteiger partial charge in [-0.25, -0.2) is 0 Å². The highest BCUT2D eigenvalue weighted by atomic mass is 28.4. The van der Waals surface area contributed by atoms with E-state index < -0.39 is 22.2 Å². The lowest BCUT2D eigenvalue weighted by Crippen LogP contribution is -2.61. The lowest BCUT2D eigenvalue weighted by molar-refractivity contribution is -0.147. The summed E-state index contributed by atoms with van der Waals surface area (Å²) in [5.41, 5.74) is 1.51. The van der Waals surface area contributed by atoms with Crippen LogP contribution in [0, 0.1) is 0 Å². The van der Waals surface area contributed by atoms with Crippen molar-refractivity contribution in [2.24, 2.45) is 0 Å². The van der Waals surface area contributed by atoms with Gasteiger partial charge in [0.25, 0.3) is 0 Å². The van der Waals surface area contributed by atoms with Gasteiger partial charge < -0.3 is 13.9 Å². The molecule has 5 heteroatoms. The minimum absolute atomic E-state index is 0.155. The Morgan fingerprint density at radius 3 is 1.78 bits per heavy atom. The summed E-state index contributed by atoms with van der Waals surface area (Å²) in [4.78, 5) is 0. The van der Waals surface area contributed by atoms with E-state index in [1.54, 1.807) is 0 Å². The first-order valence-corrected chi connectivity index (χ1v) is 19.5. The Kier molecular flexibility index (Phi) is 8.91. The lowest BCUT2D eigenvalue weighted by Gasteiger charge is -2.42. The molecular formula is C32H42O3Si2. The predicted molar refractivity (Wildman–Crippen MR) is 160 cm³/mol. The van der Waals surface area contributed by atoms with Crippen molar-refractivity contribution in [3.05, 3.63) is 108 Å². The molecule has 0 spiro atoms. The first-order valence-electron chi connectivity index (χ1n) is 13.5. The van der Waals surface area contributed by atoms with Crippen LogP contribution in [0.25, 0.3) is 0 Å². The molecule has 37 heavy (non-hydrogen) atoms. The smallest absolute Gasteiger partial charge is 0.241 e. The van der Waals surface area contributed by atoms with Gasteiger partial charge in [0.15, 0.2) is 5.79 Å². The molecule has 3 aromatic rings. The quantitative estimate of drug-likeness (QED) is 0.202. The van der Waals surface area contributed by atoms with E-state index in [0.717, 1.165) is 25.0 Å². The maximum Gasteiger partial charge on any atom is 0.241 e. The molecule has 1 heterocycles. The Hall–Kier alpha value is -2.45. The Bertz CT molecular complexity index is 1100. The van der Waals surface area contributed by atoms with Crippen molar-refractivity contribution in [3.63, 3.8) is 0 Å². The minimum Gasteiger partial charge on any atom is -0.548 e. The number of benzene rings is 3. The Labute approximate surface area is 225 Å². The molecule has 1 fully saturated rings. The Morgan fingerprint density at radius 1 is 0.811 bits per heavy atom. The first kappa shape index (κ1) is 27.6. The number of rotatable bonds is 11. The normalized spacial score (nSPS) is 16.9. The second kappa shape index (κ2) is 11.9. The second-order valence-corrected chi connectivity index (χ2v) is 20.1. The van der Waals surface area contributed by atoms with Crippen molar-refractivity contribution in [2.45, 2.75) is 63.7 Å². The number of allylic oxidation sites excluding steroid dienone is 2. The van der Waals surface area contributed by atoms with Gasteiger partial charge in [0.2, 0.25) is 8.32 Å². The number of aryl methyl sites for hydroxylation is 1. The highest BCUT2D eigenvalue weighted by Crippen LogP contribution is 2.42. The van der Waals surface area contributed by atoms with Gasteiger partial charge in [0, 0.05) is 12.0 Å². The van der Waals surface area contributed by atoms with Gasteiger partial charge in [-0.05, 0) is 51.0 Å². The molecule has 1 atom stereocenters. The maximum absolute atomic E-state index is 7.01. The van der Waals surface area contributed by atoms with E-state index in [0.29, 0.717) is 13.2 Å². The van der Waals surface area contributed by atoms with E-state index in [4.69, 9.17) is 13.9 Å². The highest BCUT2D eigenvalue weighted by Gasteiger charge is 2.48. The molecule has 196 valence electrons. The summed E-state index contributed by atoms with van der Waals surface area (Å²) >= 11 is 0. The van der Waals surface area contributed by atoms with Crippen molar-refractivity contribution in [3.8, 4) is 0 Å². The summed E-state index contributed by atoms with van der Waals surface area (Å²) in [6.45, 7) is 12.7. The summed E-state index contributed by atoms with van der Waals surface area (Å²) in [7, 11) is -4.27. The largest absolute Gasteiger partial charge is 0.548 e. The molecule has 0 radical (unpaired) electrons. The molecule has 0 aromatic heterocycles. The van der Waals surface area contributed by atoms with Gasteiger partial charge in [0.1, 0.15) is 8.07 Å². The fraction of sp³-hybridized carbons (Fsp3) is 0.375. The number of ether oxygens (including phenoxy) is 2. The van der Waals surface area contributed by atoms with E-state index in [9.17, 15) is 0 Å². The van der Waals surface area contributed by atoms with Crippen LogP contribution in [-0.2, 0) is 20.3 Å². The molecule has 3 aromatic carbocycles. The predicted octanol–water partition coefficient (Wildman–Crippen LogP) is 6.77. The number of hydrogen-bond donors (Lipinski definition) is 0. The number of hydrogen-bond acceptors (Lipinski definition) is 3. The maximum atomic E-state index is 7.01. The molecule has 0 amide bonds. The van der Waals surface area contributed by atoms with E-state index in [2.05, 4.69) is 130 Å². The molecule has 3 nitrogen and oxygen atoms in total. The lowest BCUT2D eigenvalue weighted by atomic mass is 10.1. The van der Waals surface area contributed by atoms with Crippen molar-refractivity contribution >= 4 is 26.8 Å². The van der Waals surface area contributed by atoms with Crippen molar-refractivity contribution in [1.82, 2.24) is 0 Å². The van der Waals surface area contributed by atoms with Gasteiger partial charge in [-0.3, -0.25) is 0 Å². The van der Waals surface area contributed by atoms with Gasteiger partial charge in [-0.2, -0.15) is 0 Å². The zero-order valence-corrected chi connectivity index (χ0v) is 25.1. The summed E-state index contributed by atoms with van der Waals surface area (Å²) in [5, 5.41) is 2.81. The molecule has 0 saturated carbocycles. The van der Waals surface area contributed by atoms with Gasteiger partial charge >= 0.3 is 0 Å². The minimum atomic E-state index is -2.37. The van der Waals surface area contributed by atoms with E-state index in [1.165, 1.54) is 15.9 Å². The molecule has 1 saturated heterocycles. The molecule has 1 unspecified atom stereocenters. The van der Waals surface area contributed by atoms with Crippen LogP contribution in [0.2, 0.25) is 31.7 Å². The van der Waals surface area contributed by atoms with Gasteiger partial charge in [-0.1, -0.05) is 108 Å². The highest BCUT2D eigenvalue weighted by molar-refractivity contribution is 7.02.